The number of nitrogens with one attached hydrogen (secondary N) is 1. The fourth-order valence-electron chi connectivity index (χ4n) is 3.45. The highest BCUT2D eigenvalue weighted by atomic mass is 79.9. The molecule has 0 saturated heterocycles. The van der Waals surface area contributed by atoms with E-state index in [1.807, 2.05) is 30.3 Å². The molecule has 1 atom stereocenters. The molecule has 2 aromatic carbocycles. The van der Waals surface area contributed by atoms with E-state index < -0.39 is 34.6 Å². The molecule has 1 aliphatic rings. The van der Waals surface area contributed by atoms with E-state index in [0.29, 0.717) is 15.7 Å². The average Bonchev–Trinajstić information content (AvgIpc) is 2.82. The summed E-state index contributed by atoms with van der Waals surface area (Å²) in [5, 5.41) is 14.1. The van der Waals surface area contributed by atoms with Crippen LogP contribution in [0, 0.1) is 10.1 Å². The van der Waals surface area contributed by atoms with Crippen LogP contribution in [0.25, 0.3) is 0 Å². The zero-order valence-electron chi connectivity index (χ0n) is 16.8. The van der Waals surface area contributed by atoms with Crippen molar-refractivity contribution in [3.63, 3.8) is 0 Å². The van der Waals surface area contributed by atoms with Gasteiger partial charge in [-0.1, -0.05) is 52.3 Å². The number of nitro groups is 1. The van der Waals surface area contributed by atoms with Crippen LogP contribution < -0.4 is 10.2 Å². The quantitative estimate of drug-likeness (QED) is 0.520. The second kappa shape index (κ2) is 8.06. The van der Waals surface area contributed by atoms with Crippen molar-refractivity contribution in [2.24, 2.45) is 0 Å². The van der Waals surface area contributed by atoms with Crippen LogP contribution in [0.15, 0.2) is 53.0 Å². The third-order valence-corrected chi connectivity index (χ3v) is 5.08. The van der Waals surface area contributed by atoms with Crippen LogP contribution in [0.5, 0.6) is 0 Å². The molecule has 30 heavy (non-hydrogen) atoms. The number of fused-ring (bicyclic) bond motifs is 1. The molecule has 0 spiro atoms. The average molecular weight is 476 g/mol. The highest BCUT2D eigenvalue weighted by Gasteiger charge is 2.56. The van der Waals surface area contributed by atoms with Gasteiger partial charge in [-0.3, -0.25) is 20.2 Å². The van der Waals surface area contributed by atoms with Crippen molar-refractivity contribution in [2.45, 2.75) is 38.5 Å². The molecular formula is C21H22BrN3O5. The Morgan fingerprint density at radius 3 is 2.50 bits per heavy atom. The summed E-state index contributed by atoms with van der Waals surface area (Å²) in [7, 11) is 0. The Balaban J connectivity index is 2.08. The fraction of sp³-hybridized carbons (Fsp3) is 0.333. The van der Waals surface area contributed by atoms with Crippen molar-refractivity contribution in [3.8, 4) is 0 Å². The highest BCUT2D eigenvalue weighted by Crippen LogP contribution is 2.43. The first-order chi connectivity index (χ1) is 14.0. The molecular weight excluding hydrogens is 454 g/mol. The number of ether oxygens (including phenoxy) is 1. The first-order valence-corrected chi connectivity index (χ1v) is 10.1. The molecule has 8 nitrogen and oxygen atoms in total. The summed E-state index contributed by atoms with van der Waals surface area (Å²) in [5.41, 5.74) is -0.985. The van der Waals surface area contributed by atoms with Gasteiger partial charge >= 0.3 is 6.09 Å². The summed E-state index contributed by atoms with van der Waals surface area (Å²) in [6.45, 7) is 4.44. The van der Waals surface area contributed by atoms with Gasteiger partial charge in [0.1, 0.15) is 5.60 Å². The van der Waals surface area contributed by atoms with E-state index in [9.17, 15) is 19.7 Å². The Morgan fingerprint density at radius 2 is 1.90 bits per heavy atom. The lowest BCUT2D eigenvalue weighted by molar-refractivity contribution is -0.488. The number of rotatable bonds is 5. The van der Waals surface area contributed by atoms with Gasteiger partial charge in [-0.2, -0.15) is 0 Å². The SMILES string of the molecule is CC(C)(C)OC(=O)N[C@]1(C[N+](=O)[O-])C(=O)N(Cc2ccccc2)c2cc(Br)ccc21. The normalized spacial score (nSPS) is 18.1. The minimum absolute atomic E-state index is 0.207. The number of nitrogens with zero attached hydrogens (tertiary/aromatic N) is 2. The summed E-state index contributed by atoms with van der Waals surface area (Å²) in [6, 6.07) is 14.3. The monoisotopic (exact) mass is 475 g/mol. The van der Waals surface area contributed by atoms with E-state index in [1.165, 1.54) is 4.90 Å². The van der Waals surface area contributed by atoms with E-state index in [0.717, 1.165) is 5.56 Å². The van der Waals surface area contributed by atoms with E-state index in [4.69, 9.17) is 4.74 Å². The van der Waals surface area contributed by atoms with Crippen molar-refractivity contribution in [1.29, 1.82) is 0 Å². The second-order valence-corrected chi connectivity index (χ2v) is 8.98. The number of amides is 2. The number of hydrogen-bond donors (Lipinski definition) is 1. The Hall–Kier alpha value is -2.94. The van der Waals surface area contributed by atoms with Crippen LogP contribution in [-0.2, 0) is 21.6 Å². The van der Waals surface area contributed by atoms with Crippen LogP contribution in [0.1, 0.15) is 31.9 Å². The second-order valence-electron chi connectivity index (χ2n) is 8.06. The van der Waals surface area contributed by atoms with Crippen molar-refractivity contribution in [2.75, 3.05) is 11.4 Å². The Bertz CT molecular complexity index is 990. The van der Waals surface area contributed by atoms with Crippen molar-refractivity contribution >= 4 is 33.6 Å². The molecule has 0 aromatic heterocycles. The van der Waals surface area contributed by atoms with Gasteiger partial charge in [0.05, 0.1) is 12.2 Å². The van der Waals surface area contributed by atoms with Gasteiger partial charge in [0.25, 0.3) is 5.91 Å². The lowest BCUT2D eigenvalue weighted by Crippen LogP contribution is -2.57. The lowest BCUT2D eigenvalue weighted by Gasteiger charge is -2.28. The topological polar surface area (TPSA) is 102 Å². The number of carbonyl (C=O) groups excluding carboxylic acids is 2. The van der Waals surface area contributed by atoms with Gasteiger partial charge in [0.2, 0.25) is 12.1 Å². The minimum Gasteiger partial charge on any atom is -0.444 e. The molecule has 0 radical (unpaired) electrons. The molecule has 0 aliphatic carbocycles. The van der Waals surface area contributed by atoms with Gasteiger partial charge in [-0.25, -0.2) is 4.79 Å². The van der Waals surface area contributed by atoms with E-state index in [-0.39, 0.29) is 6.54 Å². The Kier molecular flexibility index (Phi) is 5.85. The first-order valence-electron chi connectivity index (χ1n) is 9.31. The molecule has 0 fully saturated rings. The molecule has 3 rings (SSSR count). The predicted octanol–water partition coefficient (Wildman–Crippen LogP) is 3.99. The molecule has 1 aliphatic heterocycles. The number of carbonyl (C=O) groups is 2. The molecule has 2 amide bonds. The van der Waals surface area contributed by atoms with Crippen LogP contribution in [0.3, 0.4) is 0 Å². The number of halogens is 1. The summed E-state index contributed by atoms with van der Waals surface area (Å²) in [4.78, 5) is 38.5. The molecule has 0 unspecified atom stereocenters. The molecule has 0 saturated carbocycles. The highest BCUT2D eigenvalue weighted by molar-refractivity contribution is 9.10. The standard InChI is InChI=1S/C21H22BrN3O5/c1-20(2,3)30-19(27)23-21(13-25(28)29)16-10-9-15(22)11-17(16)24(18(21)26)12-14-7-5-4-6-8-14/h4-11H,12-13H2,1-3H3,(H,23,27)/t21-/m0/s1. The molecule has 1 N–H and O–H groups in total. The number of alkyl carbamates (subject to hydrolysis) is 1. The maximum atomic E-state index is 13.6. The van der Waals surface area contributed by atoms with Crippen LogP contribution >= 0.6 is 15.9 Å². The molecule has 158 valence electrons. The van der Waals surface area contributed by atoms with Gasteiger partial charge in [0.15, 0.2) is 0 Å². The first kappa shape index (κ1) is 21.8. The molecule has 2 aromatic rings. The number of benzene rings is 2. The van der Waals surface area contributed by atoms with Gasteiger partial charge in [-0.05, 0) is 38.5 Å². The third kappa shape index (κ3) is 4.46. The third-order valence-electron chi connectivity index (χ3n) is 4.58. The molecule has 1 heterocycles. The van der Waals surface area contributed by atoms with Gasteiger partial charge < -0.3 is 9.64 Å². The maximum Gasteiger partial charge on any atom is 0.408 e. The van der Waals surface area contributed by atoms with Crippen molar-refractivity contribution < 1.29 is 19.2 Å². The zero-order chi connectivity index (χ0) is 22.1. The summed E-state index contributed by atoms with van der Waals surface area (Å²) in [6.07, 6.45) is -0.895. The number of hydrogen-bond acceptors (Lipinski definition) is 5. The Labute approximate surface area is 182 Å². The van der Waals surface area contributed by atoms with E-state index in [2.05, 4.69) is 21.2 Å². The minimum atomic E-state index is -1.86. The van der Waals surface area contributed by atoms with Gasteiger partial charge in [-0.15, -0.1) is 0 Å². The predicted molar refractivity (Wildman–Crippen MR) is 115 cm³/mol. The summed E-state index contributed by atoms with van der Waals surface area (Å²) in [5.74, 6) is -0.581. The van der Waals surface area contributed by atoms with Crippen LogP contribution in [0.4, 0.5) is 10.5 Å². The van der Waals surface area contributed by atoms with Gasteiger partial charge in [0, 0.05) is 15.0 Å². The molecule has 0 bridgehead atoms. The van der Waals surface area contributed by atoms with E-state index >= 15 is 0 Å². The zero-order valence-corrected chi connectivity index (χ0v) is 18.4. The molecule has 9 heteroatoms. The Morgan fingerprint density at radius 1 is 1.23 bits per heavy atom. The largest absolute Gasteiger partial charge is 0.444 e. The van der Waals surface area contributed by atoms with Crippen LogP contribution in [-0.4, -0.2) is 29.1 Å². The van der Waals surface area contributed by atoms with Crippen molar-refractivity contribution in [1.82, 2.24) is 5.32 Å². The summed E-state index contributed by atoms with van der Waals surface area (Å²) < 4.78 is 6.00. The van der Waals surface area contributed by atoms with Crippen LogP contribution in [0.2, 0.25) is 0 Å². The van der Waals surface area contributed by atoms with E-state index in [1.54, 1.807) is 39.0 Å². The number of anilines is 1. The fourth-order valence-corrected chi connectivity index (χ4v) is 3.80. The summed E-state index contributed by atoms with van der Waals surface area (Å²) >= 11 is 3.39. The van der Waals surface area contributed by atoms with Crippen molar-refractivity contribution in [3.05, 3.63) is 74.2 Å². The lowest BCUT2D eigenvalue weighted by atomic mass is 9.91. The maximum absolute atomic E-state index is 13.6. The smallest absolute Gasteiger partial charge is 0.408 e.